The summed E-state index contributed by atoms with van der Waals surface area (Å²) < 4.78 is 6.46. The van der Waals surface area contributed by atoms with Gasteiger partial charge in [0.1, 0.15) is 5.75 Å². The van der Waals surface area contributed by atoms with E-state index in [4.69, 9.17) is 4.74 Å². The van der Waals surface area contributed by atoms with Gasteiger partial charge in [0, 0.05) is 5.25 Å². The summed E-state index contributed by atoms with van der Waals surface area (Å²) in [6, 6.07) is 7.59. The van der Waals surface area contributed by atoms with Crippen molar-refractivity contribution in [1.82, 2.24) is 10.2 Å². The van der Waals surface area contributed by atoms with Crippen molar-refractivity contribution in [1.29, 1.82) is 0 Å². The smallest absolute Gasteiger partial charge is 0.266 e. The first-order chi connectivity index (χ1) is 10.4. The summed E-state index contributed by atoms with van der Waals surface area (Å²) in [4.78, 5) is 12.1. The molecule has 118 valence electrons. The third-order valence-electron chi connectivity index (χ3n) is 2.68. The van der Waals surface area contributed by atoms with Crippen LogP contribution in [0.25, 0.3) is 0 Å². The molecule has 0 spiro atoms. The number of carbonyl (C=O) groups excluding carboxylic acids is 1. The van der Waals surface area contributed by atoms with Gasteiger partial charge in [-0.25, -0.2) is 0 Å². The molecule has 0 fully saturated rings. The fourth-order valence-corrected chi connectivity index (χ4v) is 3.57. The summed E-state index contributed by atoms with van der Waals surface area (Å²) in [6.07, 6.45) is -0.604. The summed E-state index contributed by atoms with van der Waals surface area (Å²) in [5, 5.41) is 11.7. The van der Waals surface area contributed by atoms with E-state index in [1.54, 1.807) is 18.7 Å². The summed E-state index contributed by atoms with van der Waals surface area (Å²) in [5.74, 6) is 0.430. The molecule has 0 aliphatic carbocycles. The fourth-order valence-electron chi connectivity index (χ4n) is 1.59. The van der Waals surface area contributed by atoms with Crippen molar-refractivity contribution in [3.63, 3.8) is 0 Å². The number of carbonyl (C=O) groups is 1. The van der Waals surface area contributed by atoms with Gasteiger partial charge in [-0.1, -0.05) is 54.6 Å². The van der Waals surface area contributed by atoms with Crippen LogP contribution in [0.5, 0.6) is 5.75 Å². The lowest BCUT2D eigenvalue weighted by atomic mass is 10.2. The average Bonchev–Trinajstić information content (AvgIpc) is 2.87. The Morgan fingerprint density at radius 1 is 1.23 bits per heavy atom. The molecule has 0 bridgehead atoms. The van der Waals surface area contributed by atoms with Crippen LogP contribution >= 0.6 is 23.1 Å². The van der Waals surface area contributed by atoms with Crippen LogP contribution in [0.3, 0.4) is 0 Å². The lowest BCUT2D eigenvalue weighted by molar-refractivity contribution is -0.122. The lowest BCUT2D eigenvalue weighted by Crippen LogP contribution is -2.30. The van der Waals surface area contributed by atoms with Crippen LogP contribution in [-0.4, -0.2) is 27.5 Å². The molecule has 22 heavy (non-hydrogen) atoms. The van der Waals surface area contributed by atoms with Gasteiger partial charge in [0.05, 0.1) is 0 Å². The number of nitrogens with one attached hydrogen (secondary N) is 1. The molecule has 0 saturated heterocycles. The largest absolute Gasteiger partial charge is 0.481 e. The van der Waals surface area contributed by atoms with Crippen molar-refractivity contribution in [3.05, 3.63) is 29.8 Å². The number of ether oxygens (including phenoxy) is 1. The lowest BCUT2D eigenvalue weighted by Gasteiger charge is -2.13. The molecule has 1 amide bonds. The van der Waals surface area contributed by atoms with E-state index >= 15 is 0 Å². The molecule has 0 unspecified atom stereocenters. The third-order valence-corrected chi connectivity index (χ3v) is 4.60. The molecule has 1 heterocycles. The van der Waals surface area contributed by atoms with E-state index < -0.39 is 6.10 Å². The van der Waals surface area contributed by atoms with Gasteiger partial charge < -0.3 is 4.74 Å². The highest BCUT2D eigenvalue weighted by Gasteiger charge is 2.17. The molecule has 0 saturated carbocycles. The van der Waals surface area contributed by atoms with Gasteiger partial charge in [-0.15, -0.1) is 10.2 Å². The first-order valence-corrected chi connectivity index (χ1v) is 8.68. The van der Waals surface area contributed by atoms with Crippen LogP contribution in [0, 0.1) is 6.92 Å². The van der Waals surface area contributed by atoms with Crippen molar-refractivity contribution >= 4 is 34.1 Å². The monoisotopic (exact) mass is 337 g/mol. The van der Waals surface area contributed by atoms with Crippen molar-refractivity contribution in [3.8, 4) is 5.75 Å². The molecular weight excluding hydrogens is 318 g/mol. The van der Waals surface area contributed by atoms with Crippen LogP contribution in [0.2, 0.25) is 0 Å². The molecule has 5 nitrogen and oxygen atoms in total. The Bertz CT molecular complexity index is 626. The van der Waals surface area contributed by atoms with E-state index in [2.05, 4.69) is 29.4 Å². The molecule has 1 aromatic heterocycles. The molecule has 2 rings (SSSR count). The number of anilines is 1. The zero-order chi connectivity index (χ0) is 16.1. The predicted molar refractivity (Wildman–Crippen MR) is 90.8 cm³/mol. The Morgan fingerprint density at radius 2 is 1.91 bits per heavy atom. The first-order valence-electron chi connectivity index (χ1n) is 6.98. The Balaban J connectivity index is 1.90. The van der Waals surface area contributed by atoms with Gasteiger partial charge in [0.25, 0.3) is 5.91 Å². The quantitative estimate of drug-likeness (QED) is 0.642. The van der Waals surface area contributed by atoms with Gasteiger partial charge in [-0.3, -0.25) is 10.1 Å². The SMILES string of the molecule is Cc1ccc(O[C@H](C)C(=O)Nc2nnc(SC(C)C)s2)cc1. The molecule has 2 aromatic rings. The Hall–Kier alpha value is -1.60. The van der Waals surface area contributed by atoms with Gasteiger partial charge in [0.2, 0.25) is 5.13 Å². The average molecular weight is 337 g/mol. The fraction of sp³-hybridized carbons (Fsp3) is 0.400. The highest BCUT2D eigenvalue weighted by Crippen LogP contribution is 2.28. The molecule has 0 aliphatic rings. The minimum atomic E-state index is -0.604. The Morgan fingerprint density at radius 3 is 2.55 bits per heavy atom. The number of aromatic nitrogens is 2. The summed E-state index contributed by atoms with van der Waals surface area (Å²) in [6.45, 7) is 7.88. The summed E-state index contributed by atoms with van der Waals surface area (Å²) in [5.41, 5.74) is 1.15. The second-order valence-electron chi connectivity index (χ2n) is 5.10. The number of hydrogen-bond donors (Lipinski definition) is 1. The number of benzene rings is 1. The van der Waals surface area contributed by atoms with Gasteiger partial charge in [-0.05, 0) is 26.0 Å². The minimum absolute atomic E-state index is 0.238. The van der Waals surface area contributed by atoms with Crippen LogP contribution in [0.15, 0.2) is 28.6 Å². The number of nitrogens with zero attached hydrogens (tertiary/aromatic N) is 2. The molecule has 0 aliphatic heterocycles. The Kier molecular flexibility index (Phi) is 5.79. The number of amides is 1. The first kappa shape index (κ1) is 16.8. The zero-order valence-electron chi connectivity index (χ0n) is 13.0. The molecule has 1 atom stereocenters. The maximum Gasteiger partial charge on any atom is 0.266 e. The third kappa shape index (κ3) is 4.99. The summed E-state index contributed by atoms with van der Waals surface area (Å²) in [7, 11) is 0. The van der Waals surface area contributed by atoms with Crippen LogP contribution < -0.4 is 10.1 Å². The van der Waals surface area contributed by atoms with Crippen molar-refractivity contribution in [2.45, 2.75) is 43.4 Å². The van der Waals surface area contributed by atoms with Crippen molar-refractivity contribution in [2.24, 2.45) is 0 Å². The molecule has 0 radical (unpaired) electrons. The number of hydrogen-bond acceptors (Lipinski definition) is 6. The molecule has 1 N–H and O–H groups in total. The normalized spacial score (nSPS) is 12.2. The number of rotatable bonds is 6. The van der Waals surface area contributed by atoms with Gasteiger partial charge in [0.15, 0.2) is 10.4 Å². The van der Waals surface area contributed by atoms with Crippen LogP contribution in [-0.2, 0) is 4.79 Å². The maximum absolute atomic E-state index is 12.1. The van der Waals surface area contributed by atoms with Gasteiger partial charge in [-0.2, -0.15) is 0 Å². The standard InChI is InChI=1S/C15H19N3O2S2/c1-9(2)21-15-18-17-14(22-15)16-13(19)11(4)20-12-7-5-10(3)6-8-12/h5-9,11H,1-4H3,(H,16,17,19)/t11-/m1/s1. The van der Waals surface area contributed by atoms with E-state index in [1.165, 1.54) is 11.3 Å². The minimum Gasteiger partial charge on any atom is -0.481 e. The van der Waals surface area contributed by atoms with Gasteiger partial charge >= 0.3 is 0 Å². The van der Waals surface area contributed by atoms with E-state index in [9.17, 15) is 4.79 Å². The van der Waals surface area contributed by atoms with E-state index in [0.717, 1.165) is 9.90 Å². The molecular formula is C15H19N3O2S2. The number of thioether (sulfide) groups is 1. The van der Waals surface area contributed by atoms with E-state index in [0.29, 0.717) is 16.1 Å². The van der Waals surface area contributed by atoms with Crippen LogP contribution in [0.4, 0.5) is 5.13 Å². The maximum atomic E-state index is 12.1. The highest BCUT2D eigenvalue weighted by atomic mass is 32.2. The highest BCUT2D eigenvalue weighted by molar-refractivity contribution is 8.01. The Labute approximate surface area is 138 Å². The van der Waals surface area contributed by atoms with E-state index in [-0.39, 0.29) is 5.91 Å². The summed E-state index contributed by atoms with van der Waals surface area (Å²) >= 11 is 2.99. The van der Waals surface area contributed by atoms with Crippen molar-refractivity contribution < 1.29 is 9.53 Å². The molecule has 7 heteroatoms. The second-order valence-corrected chi connectivity index (χ2v) is 7.90. The van der Waals surface area contributed by atoms with Crippen molar-refractivity contribution in [2.75, 3.05) is 5.32 Å². The number of aryl methyl sites for hydroxylation is 1. The zero-order valence-corrected chi connectivity index (χ0v) is 14.6. The predicted octanol–water partition coefficient (Wildman–Crippen LogP) is 3.75. The topological polar surface area (TPSA) is 64.1 Å². The van der Waals surface area contributed by atoms with Crippen LogP contribution in [0.1, 0.15) is 26.3 Å². The van der Waals surface area contributed by atoms with E-state index in [1.807, 2.05) is 31.2 Å². The molecule has 1 aromatic carbocycles. The second kappa shape index (κ2) is 7.60.